The minimum atomic E-state index is -0.989. The highest BCUT2D eigenvalue weighted by Crippen LogP contribution is 2.21. The maximum atomic E-state index is 13.2. The van der Waals surface area contributed by atoms with Gasteiger partial charge in [-0.05, 0) is 42.0 Å². The summed E-state index contributed by atoms with van der Waals surface area (Å²) in [5.74, 6) is -2.41. The second kappa shape index (κ2) is 5.81. The predicted octanol–water partition coefficient (Wildman–Crippen LogP) is 4.07. The average molecular weight is 364 g/mol. The Kier molecular flexibility index (Phi) is 3.85. The van der Waals surface area contributed by atoms with Gasteiger partial charge in [0.15, 0.2) is 17.3 Å². The number of carbonyl (C=O) groups excluding carboxylic acids is 1. The van der Waals surface area contributed by atoms with Crippen LogP contribution in [0.4, 0.5) is 8.78 Å². The highest BCUT2D eigenvalue weighted by molar-refractivity contribution is 9.10. The molecule has 3 nitrogen and oxygen atoms in total. The summed E-state index contributed by atoms with van der Waals surface area (Å²) in [5, 5.41) is 0. The molecule has 1 heterocycles. The van der Waals surface area contributed by atoms with Crippen LogP contribution in [-0.4, -0.2) is 11.9 Å². The van der Waals surface area contributed by atoms with Gasteiger partial charge in [-0.3, -0.25) is 0 Å². The minimum absolute atomic E-state index is 0.0287. The van der Waals surface area contributed by atoms with Gasteiger partial charge >= 0.3 is 5.97 Å². The summed E-state index contributed by atoms with van der Waals surface area (Å²) >= 11 is 3.32. The first-order valence-corrected chi connectivity index (χ1v) is 7.06. The Balaban J connectivity index is 1.95. The number of aliphatic imine (C=N–C) groups is 1. The lowest BCUT2D eigenvalue weighted by Crippen LogP contribution is -2.05. The van der Waals surface area contributed by atoms with E-state index in [2.05, 4.69) is 20.9 Å². The topological polar surface area (TPSA) is 38.7 Å². The normalized spacial score (nSPS) is 15.9. The van der Waals surface area contributed by atoms with Gasteiger partial charge in [-0.25, -0.2) is 18.6 Å². The predicted molar refractivity (Wildman–Crippen MR) is 81.1 cm³/mol. The lowest BCUT2D eigenvalue weighted by Gasteiger charge is -1.99. The van der Waals surface area contributed by atoms with Crippen LogP contribution in [0.15, 0.2) is 57.6 Å². The Morgan fingerprint density at radius 2 is 1.91 bits per heavy atom. The maximum absolute atomic E-state index is 13.2. The number of nitrogens with zero attached hydrogens (tertiary/aromatic N) is 1. The number of benzene rings is 2. The van der Waals surface area contributed by atoms with E-state index in [1.54, 1.807) is 18.2 Å². The lowest BCUT2D eigenvalue weighted by molar-refractivity contribution is -0.129. The van der Waals surface area contributed by atoms with Crippen molar-refractivity contribution in [2.45, 2.75) is 0 Å². The number of esters is 1. The molecule has 0 saturated carbocycles. The van der Waals surface area contributed by atoms with Crippen molar-refractivity contribution in [3.63, 3.8) is 0 Å². The molecule has 0 fully saturated rings. The van der Waals surface area contributed by atoms with Crippen LogP contribution in [0.3, 0.4) is 0 Å². The highest BCUT2D eigenvalue weighted by atomic mass is 79.9. The van der Waals surface area contributed by atoms with Crippen LogP contribution < -0.4 is 0 Å². The van der Waals surface area contributed by atoms with E-state index < -0.39 is 17.6 Å². The Hall–Kier alpha value is -2.34. The molecular weight excluding hydrogens is 356 g/mol. The molecule has 2 aromatic rings. The van der Waals surface area contributed by atoms with Gasteiger partial charge in [0.1, 0.15) is 0 Å². The molecule has 2 aromatic carbocycles. The number of halogens is 3. The Bertz CT molecular complexity index is 831. The molecular formula is C16H8BrF2NO2. The highest BCUT2D eigenvalue weighted by Gasteiger charge is 2.24. The van der Waals surface area contributed by atoms with E-state index in [1.165, 1.54) is 12.1 Å². The average Bonchev–Trinajstić information content (AvgIpc) is 2.84. The molecule has 0 amide bonds. The number of ether oxygens (including phenoxy) is 1. The molecule has 1 aliphatic heterocycles. The third-order valence-corrected chi connectivity index (χ3v) is 3.43. The molecule has 0 spiro atoms. The number of cyclic esters (lactones) is 1. The number of carbonyl (C=O) groups is 1. The Morgan fingerprint density at radius 3 is 2.64 bits per heavy atom. The molecule has 0 N–H and O–H groups in total. The van der Waals surface area contributed by atoms with E-state index in [9.17, 15) is 13.6 Å². The first-order valence-electron chi connectivity index (χ1n) is 6.26. The second-order valence-electron chi connectivity index (χ2n) is 4.52. The standard InChI is InChI=1S/C16H8BrF2NO2/c17-11-3-1-2-10(8-11)15-20-14(16(21)22-15)7-9-4-5-12(18)13(19)6-9/h1-8H/b14-7-. The third kappa shape index (κ3) is 2.96. The quantitative estimate of drug-likeness (QED) is 0.595. The van der Waals surface area contributed by atoms with Crippen molar-refractivity contribution in [3.8, 4) is 0 Å². The minimum Gasteiger partial charge on any atom is -0.402 e. The fourth-order valence-corrected chi connectivity index (χ4v) is 2.31. The van der Waals surface area contributed by atoms with E-state index >= 15 is 0 Å². The summed E-state index contributed by atoms with van der Waals surface area (Å²) in [4.78, 5) is 15.9. The number of rotatable bonds is 2. The van der Waals surface area contributed by atoms with Gasteiger partial charge in [0, 0.05) is 10.0 Å². The van der Waals surface area contributed by atoms with Crippen molar-refractivity contribution in [2.75, 3.05) is 0 Å². The zero-order chi connectivity index (χ0) is 15.7. The van der Waals surface area contributed by atoms with E-state index in [-0.39, 0.29) is 11.6 Å². The number of hydrogen-bond donors (Lipinski definition) is 0. The first kappa shape index (κ1) is 14.6. The van der Waals surface area contributed by atoms with Crippen LogP contribution in [0.1, 0.15) is 11.1 Å². The Labute approximate surface area is 133 Å². The van der Waals surface area contributed by atoms with Gasteiger partial charge < -0.3 is 4.74 Å². The molecule has 3 rings (SSSR count). The van der Waals surface area contributed by atoms with Crippen molar-refractivity contribution < 1.29 is 18.3 Å². The smallest absolute Gasteiger partial charge is 0.363 e. The van der Waals surface area contributed by atoms with Gasteiger partial charge in [-0.1, -0.05) is 28.1 Å². The van der Waals surface area contributed by atoms with Crippen molar-refractivity contribution in [1.29, 1.82) is 0 Å². The summed E-state index contributed by atoms with van der Waals surface area (Å²) < 4.78 is 32.0. The molecule has 0 aromatic heterocycles. The Morgan fingerprint density at radius 1 is 1.09 bits per heavy atom. The van der Waals surface area contributed by atoms with E-state index in [0.29, 0.717) is 11.1 Å². The van der Waals surface area contributed by atoms with Gasteiger partial charge in [-0.15, -0.1) is 0 Å². The van der Waals surface area contributed by atoms with Crippen LogP contribution in [0.5, 0.6) is 0 Å². The van der Waals surface area contributed by atoms with Crippen molar-refractivity contribution in [1.82, 2.24) is 0 Å². The largest absolute Gasteiger partial charge is 0.402 e. The summed E-state index contributed by atoms with van der Waals surface area (Å²) in [6.45, 7) is 0. The third-order valence-electron chi connectivity index (χ3n) is 2.94. The molecule has 1 aliphatic rings. The molecule has 0 radical (unpaired) electrons. The summed E-state index contributed by atoms with van der Waals surface area (Å²) in [5.41, 5.74) is 0.988. The molecule has 0 saturated heterocycles. The van der Waals surface area contributed by atoms with Crippen LogP contribution >= 0.6 is 15.9 Å². The molecule has 22 heavy (non-hydrogen) atoms. The summed E-state index contributed by atoms with van der Waals surface area (Å²) in [6, 6.07) is 10.4. The summed E-state index contributed by atoms with van der Waals surface area (Å²) in [7, 11) is 0. The zero-order valence-corrected chi connectivity index (χ0v) is 12.6. The van der Waals surface area contributed by atoms with E-state index in [4.69, 9.17) is 4.74 Å². The molecule has 0 unspecified atom stereocenters. The fourth-order valence-electron chi connectivity index (χ4n) is 1.91. The number of hydrogen-bond acceptors (Lipinski definition) is 3. The molecule has 0 bridgehead atoms. The van der Waals surface area contributed by atoms with E-state index in [1.807, 2.05) is 6.07 Å². The molecule has 6 heteroatoms. The van der Waals surface area contributed by atoms with Gasteiger partial charge in [0.05, 0.1) is 0 Å². The summed E-state index contributed by atoms with van der Waals surface area (Å²) in [6.07, 6.45) is 1.34. The maximum Gasteiger partial charge on any atom is 0.363 e. The van der Waals surface area contributed by atoms with Crippen molar-refractivity contribution in [2.24, 2.45) is 4.99 Å². The van der Waals surface area contributed by atoms with Crippen LogP contribution in [0.2, 0.25) is 0 Å². The van der Waals surface area contributed by atoms with E-state index in [0.717, 1.165) is 16.6 Å². The van der Waals surface area contributed by atoms with Crippen molar-refractivity contribution >= 4 is 33.9 Å². The lowest BCUT2D eigenvalue weighted by atomic mass is 10.2. The SMILES string of the molecule is O=C1OC(c2cccc(Br)c2)=N/C1=C\c1ccc(F)c(F)c1. The molecule has 0 atom stereocenters. The van der Waals surface area contributed by atoms with Crippen LogP contribution in [0.25, 0.3) is 6.08 Å². The van der Waals surface area contributed by atoms with Crippen LogP contribution in [-0.2, 0) is 9.53 Å². The van der Waals surface area contributed by atoms with Gasteiger partial charge in [0.2, 0.25) is 5.90 Å². The zero-order valence-electron chi connectivity index (χ0n) is 11.0. The fraction of sp³-hybridized carbons (Fsp3) is 0. The monoisotopic (exact) mass is 363 g/mol. The molecule has 110 valence electrons. The van der Waals surface area contributed by atoms with Gasteiger partial charge in [-0.2, -0.15) is 0 Å². The van der Waals surface area contributed by atoms with Gasteiger partial charge in [0.25, 0.3) is 0 Å². The first-order chi connectivity index (χ1) is 10.5. The second-order valence-corrected chi connectivity index (χ2v) is 5.44. The molecule has 0 aliphatic carbocycles. The van der Waals surface area contributed by atoms with Crippen molar-refractivity contribution in [3.05, 3.63) is 75.4 Å². The van der Waals surface area contributed by atoms with Crippen LogP contribution in [0, 0.1) is 11.6 Å².